The summed E-state index contributed by atoms with van der Waals surface area (Å²) < 4.78 is 0. The first-order valence-corrected chi connectivity index (χ1v) is 6.78. The van der Waals surface area contributed by atoms with E-state index in [2.05, 4.69) is 43.2 Å². The minimum absolute atomic E-state index is 0.350. The number of aromatic amines is 1. The Bertz CT molecular complexity index is 290. The number of unbranched alkanes of at least 4 members (excludes halogenated alkanes) is 2. The average Bonchev–Trinajstić information content (AvgIpc) is 2.80. The van der Waals surface area contributed by atoms with E-state index in [0.717, 1.165) is 12.2 Å². The fourth-order valence-electron chi connectivity index (χ4n) is 1.99. The summed E-state index contributed by atoms with van der Waals surface area (Å²) >= 11 is 0. The molecule has 3 nitrogen and oxygen atoms in total. The van der Waals surface area contributed by atoms with Crippen LogP contribution < -0.4 is 5.32 Å². The summed E-state index contributed by atoms with van der Waals surface area (Å²) in [6.07, 6.45) is 7.08. The second kappa shape index (κ2) is 6.80. The molecule has 3 heteroatoms. The van der Waals surface area contributed by atoms with Crippen molar-refractivity contribution in [3.63, 3.8) is 0 Å². The predicted molar refractivity (Wildman–Crippen MR) is 72.9 cm³/mol. The van der Waals surface area contributed by atoms with Crippen LogP contribution in [0.1, 0.15) is 65.1 Å². The molecule has 0 aliphatic heterocycles. The predicted octanol–water partition coefficient (Wildman–Crippen LogP) is 3.67. The molecule has 17 heavy (non-hydrogen) atoms. The van der Waals surface area contributed by atoms with Gasteiger partial charge in [0.2, 0.25) is 0 Å². The third-order valence-electron chi connectivity index (χ3n) is 3.33. The number of rotatable bonds is 8. The highest BCUT2D eigenvalue weighted by Crippen LogP contribution is 2.23. The van der Waals surface area contributed by atoms with Crippen molar-refractivity contribution in [2.45, 2.75) is 59.4 Å². The van der Waals surface area contributed by atoms with Gasteiger partial charge in [0.25, 0.3) is 0 Å². The Hall–Kier alpha value is -0.830. The van der Waals surface area contributed by atoms with Crippen LogP contribution in [0.25, 0.3) is 0 Å². The number of aromatic nitrogens is 2. The Morgan fingerprint density at radius 3 is 2.76 bits per heavy atom. The first kappa shape index (κ1) is 14.2. The number of hydrogen-bond donors (Lipinski definition) is 2. The third kappa shape index (κ3) is 5.35. The van der Waals surface area contributed by atoms with Gasteiger partial charge >= 0.3 is 0 Å². The molecule has 0 saturated heterocycles. The lowest BCUT2D eigenvalue weighted by atomic mass is 9.86. The highest BCUT2D eigenvalue weighted by molar-refractivity contribution is 5.03. The van der Waals surface area contributed by atoms with E-state index in [9.17, 15) is 0 Å². The molecular formula is C14H27N3. The number of H-pyrrole nitrogens is 1. The lowest BCUT2D eigenvalue weighted by Gasteiger charge is -2.27. The van der Waals surface area contributed by atoms with Gasteiger partial charge in [-0.05, 0) is 24.8 Å². The minimum Gasteiger partial charge on any atom is -0.308 e. The Morgan fingerprint density at radius 2 is 2.18 bits per heavy atom. The second-order valence-corrected chi connectivity index (χ2v) is 5.74. The monoisotopic (exact) mass is 237 g/mol. The van der Waals surface area contributed by atoms with Crippen molar-refractivity contribution in [3.05, 3.63) is 18.0 Å². The fourth-order valence-corrected chi connectivity index (χ4v) is 1.99. The van der Waals surface area contributed by atoms with Crippen molar-refractivity contribution in [3.8, 4) is 0 Å². The quantitative estimate of drug-likeness (QED) is 0.677. The second-order valence-electron chi connectivity index (χ2n) is 5.74. The van der Waals surface area contributed by atoms with Crippen molar-refractivity contribution < 1.29 is 0 Å². The van der Waals surface area contributed by atoms with E-state index in [0.29, 0.717) is 11.5 Å². The molecule has 2 N–H and O–H groups in total. The van der Waals surface area contributed by atoms with Gasteiger partial charge in [-0.25, -0.2) is 0 Å². The molecule has 1 rings (SSSR count). The van der Waals surface area contributed by atoms with Gasteiger partial charge in [-0.1, -0.05) is 40.0 Å². The van der Waals surface area contributed by atoms with Crippen molar-refractivity contribution in [2.24, 2.45) is 5.41 Å². The van der Waals surface area contributed by atoms with Gasteiger partial charge in [-0.2, -0.15) is 5.10 Å². The van der Waals surface area contributed by atoms with E-state index in [1.54, 1.807) is 6.20 Å². The van der Waals surface area contributed by atoms with Gasteiger partial charge in [0.15, 0.2) is 0 Å². The highest BCUT2D eigenvalue weighted by atomic mass is 15.1. The van der Waals surface area contributed by atoms with Gasteiger partial charge in [0.05, 0.1) is 5.69 Å². The lowest BCUT2D eigenvalue weighted by Crippen LogP contribution is -2.31. The topological polar surface area (TPSA) is 40.7 Å². The van der Waals surface area contributed by atoms with E-state index < -0.39 is 0 Å². The zero-order valence-electron chi connectivity index (χ0n) is 11.7. The molecule has 0 aliphatic rings. The minimum atomic E-state index is 0.350. The van der Waals surface area contributed by atoms with E-state index in [1.807, 2.05) is 6.07 Å². The van der Waals surface area contributed by atoms with Crippen molar-refractivity contribution in [1.29, 1.82) is 0 Å². The molecule has 1 aromatic heterocycles. The van der Waals surface area contributed by atoms with Crippen LogP contribution >= 0.6 is 0 Å². The Morgan fingerprint density at radius 1 is 1.41 bits per heavy atom. The summed E-state index contributed by atoms with van der Waals surface area (Å²) in [7, 11) is 0. The first-order chi connectivity index (χ1) is 8.05. The van der Waals surface area contributed by atoms with Crippen LogP contribution in [0.5, 0.6) is 0 Å². The molecule has 0 radical (unpaired) electrons. The maximum atomic E-state index is 3.98. The summed E-state index contributed by atoms with van der Waals surface area (Å²) in [5, 5.41) is 10.6. The summed E-state index contributed by atoms with van der Waals surface area (Å²) in [6.45, 7) is 10.2. The largest absolute Gasteiger partial charge is 0.308 e. The maximum Gasteiger partial charge on any atom is 0.0518 e. The highest BCUT2D eigenvalue weighted by Gasteiger charge is 2.18. The van der Waals surface area contributed by atoms with Crippen molar-refractivity contribution in [2.75, 3.05) is 6.54 Å². The maximum absolute atomic E-state index is 3.98. The lowest BCUT2D eigenvalue weighted by molar-refractivity contribution is 0.290. The molecule has 0 amide bonds. The van der Waals surface area contributed by atoms with E-state index in [1.165, 1.54) is 25.7 Å². The van der Waals surface area contributed by atoms with Crippen LogP contribution in [0.2, 0.25) is 0 Å². The summed E-state index contributed by atoms with van der Waals surface area (Å²) in [6, 6.07) is 2.38. The molecule has 0 spiro atoms. The fraction of sp³-hybridized carbons (Fsp3) is 0.786. The molecule has 0 saturated carbocycles. The van der Waals surface area contributed by atoms with Gasteiger partial charge in [0.1, 0.15) is 0 Å². The Labute approximate surface area is 105 Å². The molecule has 0 aromatic carbocycles. The van der Waals surface area contributed by atoms with E-state index in [4.69, 9.17) is 0 Å². The van der Waals surface area contributed by atoms with Gasteiger partial charge in [-0.15, -0.1) is 0 Å². The molecule has 1 atom stereocenters. The molecule has 0 aliphatic carbocycles. The molecule has 1 aromatic rings. The normalized spacial score (nSPS) is 13.9. The van der Waals surface area contributed by atoms with Crippen LogP contribution in [-0.2, 0) is 0 Å². The van der Waals surface area contributed by atoms with Crippen LogP contribution in [0.15, 0.2) is 12.3 Å². The van der Waals surface area contributed by atoms with Crippen LogP contribution in [0.3, 0.4) is 0 Å². The Kier molecular flexibility index (Phi) is 5.69. The van der Waals surface area contributed by atoms with Crippen molar-refractivity contribution >= 4 is 0 Å². The van der Waals surface area contributed by atoms with Crippen molar-refractivity contribution in [1.82, 2.24) is 15.5 Å². The molecular weight excluding hydrogens is 210 g/mol. The van der Waals surface area contributed by atoms with E-state index in [-0.39, 0.29) is 0 Å². The number of nitrogens with one attached hydrogen (secondary N) is 2. The van der Waals surface area contributed by atoms with Crippen LogP contribution in [-0.4, -0.2) is 16.7 Å². The average molecular weight is 237 g/mol. The zero-order valence-corrected chi connectivity index (χ0v) is 11.7. The number of hydrogen-bond acceptors (Lipinski definition) is 2. The smallest absolute Gasteiger partial charge is 0.0518 e. The summed E-state index contributed by atoms with van der Waals surface area (Å²) in [5.74, 6) is 0. The molecule has 1 unspecified atom stereocenters. The van der Waals surface area contributed by atoms with Gasteiger partial charge < -0.3 is 5.32 Å². The molecule has 0 bridgehead atoms. The van der Waals surface area contributed by atoms with E-state index >= 15 is 0 Å². The first-order valence-electron chi connectivity index (χ1n) is 6.78. The molecule has 0 fully saturated rings. The summed E-state index contributed by atoms with van der Waals surface area (Å²) in [4.78, 5) is 0. The van der Waals surface area contributed by atoms with Gasteiger partial charge in [-0.3, -0.25) is 5.10 Å². The zero-order chi connectivity index (χ0) is 12.7. The number of nitrogens with zero attached hydrogens (tertiary/aromatic N) is 1. The summed E-state index contributed by atoms with van der Waals surface area (Å²) in [5.41, 5.74) is 1.54. The SMILES string of the molecule is CCCCCC(C)(C)CNC(C)c1ccn[nH]1. The van der Waals surface area contributed by atoms with Crippen LogP contribution in [0.4, 0.5) is 0 Å². The molecule has 1 heterocycles. The van der Waals surface area contributed by atoms with Crippen LogP contribution in [0, 0.1) is 5.41 Å². The van der Waals surface area contributed by atoms with Gasteiger partial charge in [0, 0.05) is 18.8 Å². The standard InChI is InChI=1S/C14H27N3/c1-5-6-7-9-14(3,4)11-15-12(2)13-8-10-16-17-13/h8,10,12,15H,5-7,9,11H2,1-4H3,(H,16,17). The third-order valence-corrected chi connectivity index (χ3v) is 3.33. The Balaban J connectivity index is 2.28. The molecule has 98 valence electrons.